The molecule has 5 heteroatoms. The van der Waals surface area contributed by atoms with Gasteiger partial charge in [0.25, 0.3) is 0 Å². The quantitative estimate of drug-likeness (QED) is 0.587. The Kier molecular flexibility index (Phi) is 6.29. The first-order valence-corrected chi connectivity index (χ1v) is 6.29. The largest absolute Gasteiger partial charge is 0.497 e. The highest BCUT2D eigenvalue weighted by Gasteiger charge is 2.10. The molecule has 0 N–H and O–H groups in total. The van der Waals surface area contributed by atoms with Gasteiger partial charge in [-0.05, 0) is 30.7 Å². The molecular weight excluding hydrogens is 258 g/mol. The molecule has 0 bridgehead atoms. The van der Waals surface area contributed by atoms with Crippen LogP contribution in [-0.2, 0) is 14.3 Å². The van der Waals surface area contributed by atoms with E-state index in [2.05, 4.69) is 0 Å². The third-order valence-corrected chi connectivity index (χ3v) is 2.58. The Balaban J connectivity index is 2.55. The number of carbonyl (C=O) groups is 2. The van der Waals surface area contributed by atoms with Crippen LogP contribution in [0.4, 0.5) is 0 Å². The molecule has 0 saturated heterocycles. The second-order valence-electron chi connectivity index (χ2n) is 4.11. The molecule has 1 aromatic rings. The monoisotopic (exact) mass is 277 g/mol. The van der Waals surface area contributed by atoms with Crippen LogP contribution in [0.1, 0.15) is 12.5 Å². The lowest BCUT2D eigenvalue weighted by molar-refractivity contribution is -0.146. The van der Waals surface area contributed by atoms with Crippen molar-refractivity contribution >= 4 is 18.0 Å². The van der Waals surface area contributed by atoms with Crippen LogP contribution in [0.25, 0.3) is 6.08 Å². The third-order valence-electron chi connectivity index (χ3n) is 2.58. The summed E-state index contributed by atoms with van der Waals surface area (Å²) in [6.07, 6.45) is 3.10. The summed E-state index contributed by atoms with van der Waals surface area (Å²) in [5.74, 6) is 0.0861. The van der Waals surface area contributed by atoms with Crippen molar-refractivity contribution in [2.75, 3.05) is 27.3 Å². The number of amides is 1. The van der Waals surface area contributed by atoms with Crippen LogP contribution in [0.5, 0.6) is 5.75 Å². The van der Waals surface area contributed by atoms with Crippen molar-refractivity contribution in [2.45, 2.75) is 6.92 Å². The zero-order valence-corrected chi connectivity index (χ0v) is 12.0. The molecule has 1 amide bonds. The number of ether oxygens (including phenoxy) is 2. The predicted molar refractivity (Wildman–Crippen MR) is 76.3 cm³/mol. The predicted octanol–water partition coefficient (Wildman–Crippen LogP) is 1.73. The Morgan fingerprint density at radius 3 is 2.45 bits per heavy atom. The van der Waals surface area contributed by atoms with Crippen molar-refractivity contribution in [1.82, 2.24) is 4.90 Å². The van der Waals surface area contributed by atoms with Gasteiger partial charge in [-0.25, -0.2) is 0 Å². The third kappa shape index (κ3) is 5.14. The first kappa shape index (κ1) is 15.8. The molecule has 0 aliphatic heterocycles. The van der Waals surface area contributed by atoms with Gasteiger partial charge < -0.3 is 14.4 Å². The number of hydrogen-bond donors (Lipinski definition) is 0. The smallest absolute Gasteiger partial charge is 0.325 e. The Morgan fingerprint density at radius 1 is 1.25 bits per heavy atom. The topological polar surface area (TPSA) is 55.8 Å². The Bertz CT molecular complexity index is 479. The fourth-order valence-electron chi connectivity index (χ4n) is 1.49. The van der Waals surface area contributed by atoms with Crippen molar-refractivity contribution in [3.63, 3.8) is 0 Å². The van der Waals surface area contributed by atoms with Gasteiger partial charge in [0.05, 0.1) is 13.7 Å². The van der Waals surface area contributed by atoms with Crippen molar-refractivity contribution in [3.8, 4) is 5.75 Å². The highest BCUT2D eigenvalue weighted by molar-refractivity contribution is 5.93. The van der Waals surface area contributed by atoms with E-state index in [1.165, 1.54) is 11.0 Å². The summed E-state index contributed by atoms with van der Waals surface area (Å²) in [6, 6.07) is 7.31. The first-order valence-electron chi connectivity index (χ1n) is 6.29. The molecule has 0 saturated carbocycles. The summed E-state index contributed by atoms with van der Waals surface area (Å²) < 4.78 is 9.83. The van der Waals surface area contributed by atoms with Crippen LogP contribution in [-0.4, -0.2) is 44.1 Å². The maximum atomic E-state index is 11.8. The molecule has 108 valence electrons. The van der Waals surface area contributed by atoms with Crippen LogP contribution in [0.2, 0.25) is 0 Å². The first-order chi connectivity index (χ1) is 9.56. The van der Waals surface area contributed by atoms with E-state index in [0.29, 0.717) is 6.61 Å². The van der Waals surface area contributed by atoms with E-state index in [0.717, 1.165) is 11.3 Å². The number of likely N-dealkylation sites (N-methyl/N-ethyl adjacent to an activating group) is 1. The van der Waals surface area contributed by atoms with Gasteiger partial charge in [0.2, 0.25) is 5.91 Å². The molecule has 0 aromatic heterocycles. The normalized spacial score (nSPS) is 10.3. The molecule has 0 heterocycles. The number of nitrogens with zero attached hydrogens (tertiary/aromatic N) is 1. The zero-order chi connectivity index (χ0) is 15.0. The molecule has 0 atom stereocenters. The number of rotatable bonds is 6. The van der Waals surface area contributed by atoms with E-state index in [1.807, 2.05) is 24.3 Å². The molecule has 0 unspecified atom stereocenters. The van der Waals surface area contributed by atoms with Gasteiger partial charge in [0.1, 0.15) is 12.3 Å². The number of esters is 1. The standard InChI is InChI=1S/C15H19NO4/c1-4-20-15(18)11-16(2)14(17)10-7-12-5-8-13(19-3)9-6-12/h5-10H,4,11H2,1-3H3. The maximum Gasteiger partial charge on any atom is 0.325 e. The summed E-state index contributed by atoms with van der Waals surface area (Å²) >= 11 is 0. The SMILES string of the molecule is CCOC(=O)CN(C)C(=O)C=Cc1ccc(OC)cc1. The minimum atomic E-state index is -0.416. The van der Waals surface area contributed by atoms with Gasteiger partial charge in [0.15, 0.2) is 0 Å². The summed E-state index contributed by atoms with van der Waals surface area (Å²) in [5.41, 5.74) is 0.878. The summed E-state index contributed by atoms with van der Waals surface area (Å²) in [5, 5.41) is 0. The van der Waals surface area contributed by atoms with Crippen molar-refractivity contribution in [3.05, 3.63) is 35.9 Å². The lowest BCUT2D eigenvalue weighted by Gasteiger charge is -2.13. The Morgan fingerprint density at radius 2 is 1.90 bits per heavy atom. The van der Waals surface area contributed by atoms with Gasteiger partial charge in [0, 0.05) is 13.1 Å². The average molecular weight is 277 g/mol. The van der Waals surface area contributed by atoms with Crippen LogP contribution in [0.15, 0.2) is 30.3 Å². The second-order valence-corrected chi connectivity index (χ2v) is 4.11. The number of hydrogen-bond acceptors (Lipinski definition) is 4. The molecular formula is C15H19NO4. The molecule has 0 aliphatic carbocycles. The number of carbonyl (C=O) groups excluding carboxylic acids is 2. The molecule has 0 fully saturated rings. The Hall–Kier alpha value is -2.30. The van der Waals surface area contributed by atoms with Gasteiger partial charge in [-0.3, -0.25) is 9.59 Å². The average Bonchev–Trinajstić information content (AvgIpc) is 2.45. The van der Waals surface area contributed by atoms with E-state index in [4.69, 9.17) is 9.47 Å². The number of benzene rings is 1. The van der Waals surface area contributed by atoms with Gasteiger partial charge in [-0.15, -0.1) is 0 Å². The lowest BCUT2D eigenvalue weighted by Crippen LogP contribution is -2.31. The van der Waals surface area contributed by atoms with Crippen molar-refractivity contribution in [1.29, 1.82) is 0 Å². The minimum Gasteiger partial charge on any atom is -0.497 e. The highest BCUT2D eigenvalue weighted by atomic mass is 16.5. The van der Waals surface area contributed by atoms with E-state index < -0.39 is 5.97 Å². The van der Waals surface area contributed by atoms with Crippen LogP contribution >= 0.6 is 0 Å². The van der Waals surface area contributed by atoms with Gasteiger partial charge in [-0.1, -0.05) is 12.1 Å². The fourth-order valence-corrected chi connectivity index (χ4v) is 1.49. The molecule has 1 aromatic carbocycles. The summed E-state index contributed by atoms with van der Waals surface area (Å²) in [4.78, 5) is 24.3. The molecule has 20 heavy (non-hydrogen) atoms. The molecule has 5 nitrogen and oxygen atoms in total. The van der Waals surface area contributed by atoms with Crippen LogP contribution in [0.3, 0.4) is 0 Å². The fraction of sp³-hybridized carbons (Fsp3) is 0.333. The van der Waals surface area contributed by atoms with Gasteiger partial charge >= 0.3 is 5.97 Å². The maximum absolute atomic E-state index is 11.8. The van der Waals surface area contributed by atoms with E-state index >= 15 is 0 Å². The summed E-state index contributed by atoms with van der Waals surface area (Å²) in [6.45, 7) is 1.98. The van der Waals surface area contributed by atoms with E-state index in [1.54, 1.807) is 27.2 Å². The van der Waals surface area contributed by atoms with Gasteiger partial charge in [-0.2, -0.15) is 0 Å². The molecule has 0 spiro atoms. The molecule has 0 aliphatic rings. The van der Waals surface area contributed by atoms with Crippen LogP contribution < -0.4 is 4.74 Å². The lowest BCUT2D eigenvalue weighted by atomic mass is 10.2. The second kappa shape index (κ2) is 7.99. The Labute approximate surface area is 118 Å². The molecule has 0 radical (unpaired) electrons. The summed E-state index contributed by atoms with van der Waals surface area (Å²) in [7, 11) is 3.15. The van der Waals surface area contributed by atoms with E-state index in [9.17, 15) is 9.59 Å². The van der Waals surface area contributed by atoms with Crippen LogP contribution in [0, 0.1) is 0 Å². The highest BCUT2D eigenvalue weighted by Crippen LogP contribution is 2.12. The van der Waals surface area contributed by atoms with Crippen molar-refractivity contribution in [2.24, 2.45) is 0 Å². The number of methoxy groups -OCH3 is 1. The van der Waals surface area contributed by atoms with E-state index in [-0.39, 0.29) is 12.5 Å². The van der Waals surface area contributed by atoms with Crippen molar-refractivity contribution < 1.29 is 19.1 Å². The minimum absolute atomic E-state index is 0.0559. The zero-order valence-electron chi connectivity index (χ0n) is 12.0. The molecule has 1 rings (SSSR count).